The van der Waals surface area contributed by atoms with Gasteiger partial charge in [-0.1, -0.05) is 6.92 Å². The number of halogens is 3. The number of fused-ring (bicyclic) bond motifs is 1. The highest BCUT2D eigenvalue weighted by atomic mass is 19.4. The fourth-order valence-electron chi connectivity index (χ4n) is 2.67. The van der Waals surface area contributed by atoms with Crippen LogP contribution in [0.4, 0.5) is 13.2 Å². The molecule has 0 bridgehead atoms. The number of piperidine rings is 1. The minimum absolute atomic E-state index is 0.0771. The molecule has 0 spiro atoms. The van der Waals surface area contributed by atoms with Gasteiger partial charge in [0, 0.05) is 19.2 Å². The number of likely N-dealkylation sites (tertiary alicyclic amines) is 1. The summed E-state index contributed by atoms with van der Waals surface area (Å²) in [6.07, 6.45) is -4.38. The lowest BCUT2D eigenvalue weighted by atomic mass is 9.79. The molecule has 8 heteroatoms. The number of nitrogens with zero attached hydrogens (tertiary/aromatic N) is 3. The molecule has 5 nitrogen and oxygen atoms in total. The van der Waals surface area contributed by atoms with Crippen LogP contribution in [0, 0.1) is 5.41 Å². The van der Waals surface area contributed by atoms with Crippen LogP contribution in [-0.2, 0) is 6.54 Å². The van der Waals surface area contributed by atoms with E-state index in [1.807, 2.05) is 0 Å². The topological polar surface area (TPSA) is 47.4 Å². The molecule has 1 fully saturated rings. The third-order valence-electron chi connectivity index (χ3n) is 4.35. The van der Waals surface area contributed by atoms with Gasteiger partial charge in [0.2, 0.25) is 5.88 Å². The number of ether oxygens (including phenoxy) is 1. The van der Waals surface area contributed by atoms with Crippen LogP contribution in [0.2, 0.25) is 0 Å². The highest BCUT2D eigenvalue weighted by molar-refractivity contribution is 5.92. The largest absolute Gasteiger partial charge is 0.476 e. The fourth-order valence-corrected chi connectivity index (χ4v) is 2.67. The van der Waals surface area contributed by atoms with Crippen molar-refractivity contribution >= 4 is 5.91 Å². The van der Waals surface area contributed by atoms with Crippen LogP contribution >= 0.6 is 0 Å². The Kier molecular flexibility index (Phi) is 3.14. The Balaban J connectivity index is 1.68. The molecule has 3 rings (SSSR count). The maximum absolute atomic E-state index is 13.0. The van der Waals surface area contributed by atoms with Gasteiger partial charge >= 0.3 is 6.18 Å². The van der Waals surface area contributed by atoms with Gasteiger partial charge in [-0.25, -0.2) is 4.68 Å². The molecule has 0 aromatic carbocycles. The van der Waals surface area contributed by atoms with Crippen LogP contribution < -0.4 is 4.74 Å². The monoisotopic (exact) mass is 303 g/mol. The maximum atomic E-state index is 13.0. The average Bonchev–Trinajstić information content (AvgIpc) is 2.98. The van der Waals surface area contributed by atoms with Crippen molar-refractivity contribution in [2.24, 2.45) is 5.41 Å². The molecule has 1 saturated heterocycles. The van der Waals surface area contributed by atoms with Crippen LogP contribution in [0.25, 0.3) is 0 Å². The van der Waals surface area contributed by atoms with Gasteiger partial charge in [-0.3, -0.25) is 4.79 Å². The van der Waals surface area contributed by atoms with E-state index < -0.39 is 11.6 Å². The maximum Gasteiger partial charge on any atom is 0.394 e. The first-order valence-corrected chi connectivity index (χ1v) is 6.87. The molecule has 0 N–H and O–H groups in total. The van der Waals surface area contributed by atoms with Gasteiger partial charge in [0.15, 0.2) is 5.69 Å². The molecule has 0 radical (unpaired) electrons. The second-order valence-electron chi connectivity index (χ2n) is 5.79. The van der Waals surface area contributed by atoms with Crippen molar-refractivity contribution in [3.8, 4) is 5.88 Å². The summed E-state index contributed by atoms with van der Waals surface area (Å²) in [5, 5.41) is 4.13. The van der Waals surface area contributed by atoms with Gasteiger partial charge in [-0.15, -0.1) is 0 Å². The molecule has 0 saturated carbocycles. The van der Waals surface area contributed by atoms with Crippen LogP contribution in [0.5, 0.6) is 5.88 Å². The van der Waals surface area contributed by atoms with E-state index in [-0.39, 0.29) is 37.5 Å². The molecule has 2 aliphatic rings. The molecule has 0 unspecified atom stereocenters. The normalized spacial score (nSPS) is 21.0. The molecule has 116 valence electrons. The van der Waals surface area contributed by atoms with E-state index in [2.05, 4.69) is 5.10 Å². The van der Waals surface area contributed by atoms with Crippen molar-refractivity contribution in [3.05, 3.63) is 11.8 Å². The number of hydrogen-bond acceptors (Lipinski definition) is 3. The van der Waals surface area contributed by atoms with E-state index in [0.717, 1.165) is 0 Å². The lowest BCUT2D eigenvalue weighted by molar-refractivity contribution is -0.229. The Bertz CT molecular complexity index is 538. The van der Waals surface area contributed by atoms with Crippen molar-refractivity contribution in [2.75, 3.05) is 19.7 Å². The molecular formula is C13H16F3N3O2. The van der Waals surface area contributed by atoms with Crippen LogP contribution in [-0.4, -0.2) is 46.5 Å². The predicted octanol–water partition coefficient (Wildman–Crippen LogP) is 2.08. The van der Waals surface area contributed by atoms with Gasteiger partial charge in [0.05, 0.1) is 12.0 Å². The van der Waals surface area contributed by atoms with Gasteiger partial charge in [-0.2, -0.15) is 18.3 Å². The number of carbonyl (C=O) groups excluding carboxylic acids is 1. The Hall–Kier alpha value is -1.73. The minimum atomic E-state index is -4.23. The Morgan fingerprint density at radius 2 is 2.00 bits per heavy atom. The first kappa shape index (κ1) is 14.2. The lowest BCUT2D eigenvalue weighted by Gasteiger charge is -2.40. The number of amides is 1. The van der Waals surface area contributed by atoms with Crippen molar-refractivity contribution < 1.29 is 22.7 Å². The zero-order valence-corrected chi connectivity index (χ0v) is 11.6. The quantitative estimate of drug-likeness (QED) is 0.798. The van der Waals surface area contributed by atoms with E-state index >= 15 is 0 Å². The van der Waals surface area contributed by atoms with E-state index in [1.165, 1.54) is 11.8 Å². The number of carbonyl (C=O) groups is 1. The predicted molar refractivity (Wildman–Crippen MR) is 67.0 cm³/mol. The summed E-state index contributed by atoms with van der Waals surface area (Å²) in [5.41, 5.74) is -1.47. The third kappa shape index (κ3) is 2.36. The van der Waals surface area contributed by atoms with E-state index in [4.69, 9.17) is 4.74 Å². The Morgan fingerprint density at radius 1 is 1.33 bits per heavy atom. The fraction of sp³-hybridized carbons (Fsp3) is 0.692. The van der Waals surface area contributed by atoms with Crippen molar-refractivity contribution in [1.82, 2.24) is 14.7 Å². The summed E-state index contributed by atoms with van der Waals surface area (Å²) in [4.78, 5) is 13.7. The number of aromatic nitrogens is 2. The Morgan fingerprint density at radius 3 is 2.57 bits per heavy atom. The molecule has 0 atom stereocenters. The molecular weight excluding hydrogens is 287 g/mol. The second-order valence-corrected chi connectivity index (χ2v) is 5.79. The number of alkyl halides is 3. The second kappa shape index (κ2) is 4.64. The first-order chi connectivity index (χ1) is 9.80. The van der Waals surface area contributed by atoms with Crippen LogP contribution in [0.15, 0.2) is 6.07 Å². The SMILES string of the molecule is CC1(C(F)(F)F)CCN(C(=O)c2cc3n(n2)CCO3)CC1. The molecule has 0 aliphatic carbocycles. The van der Waals surface area contributed by atoms with E-state index in [9.17, 15) is 18.0 Å². The van der Waals surface area contributed by atoms with Crippen molar-refractivity contribution in [2.45, 2.75) is 32.5 Å². The molecule has 1 aromatic heterocycles. The van der Waals surface area contributed by atoms with Crippen LogP contribution in [0.3, 0.4) is 0 Å². The summed E-state index contributed by atoms with van der Waals surface area (Å²) in [5.74, 6) is 0.209. The number of rotatable bonds is 1. The standard InChI is InChI=1S/C13H16F3N3O2/c1-12(13(14,15)16)2-4-18(5-3-12)11(20)9-8-10-19(17-9)6-7-21-10/h8H,2-7H2,1H3. The first-order valence-electron chi connectivity index (χ1n) is 6.87. The summed E-state index contributed by atoms with van der Waals surface area (Å²) in [6.45, 7) is 2.53. The lowest BCUT2D eigenvalue weighted by Crippen LogP contribution is -2.48. The highest BCUT2D eigenvalue weighted by Gasteiger charge is 2.52. The summed E-state index contributed by atoms with van der Waals surface area (Å²) >= 11 is 0. The van der Waals surface area contributed by atoms with Gasteiger partial charge < -0.3 is 9.64 Å². The highest BCUT2D eigenvalue weighted by Crippen LogP contribution is 2.45. The summed E-state index contributed by atoms with van der Waals surface area (Å²) in [7, 11) is 0. The van der Waals surface area contributed by atoms with Crippen molar-refractivity contribution in [1.29, 1.82) is 0 Å². The van der Waals surface area contributed by atoms with E-state index in [1.54, 1.807) is 10.7 Å². The van der Waals surface area contributed by atoms with Gasteiger partial charge in [-0.05, 0) is 12.8 Å². The summed E-state index contributed by atoms with van der Waals surface area (Å²) in [6, 6.07) is 1.55. The molecule has 1 aromatic rings. The molecule has 3 heterocycles. The smallest absolute Gasteiger partial charge is 0.394 e. The molecule has 2 aliphatic heterocycles. The van der Waals surface area contributed by atoms with E-state index in [0.29, 0.717) is 19.0 Å². The van der Waals surface area contributed by atoms with Crippen molar-refractivity contribution in [3.63, 3.8) is 0 Å². The van der Waals surface area contributed by atoms with Crippen LogP contribution in [0.1, 0.15) is 30.3 Å². The molecule has 21 heavy (non-hydrogen) atoms. The number of hydrogen-bond donors (Lipinski definition) is 0. The summed E-state index contributed by atoms with van der Waals surface area (Å²) < 4.78 is 45.7. The average molecular weight is 303 g/mol. The van der Waals surface area contributed by atoms with Gasteiger partial charge in [0.1, 0.15) is 6.61 Å². The third-order valence-corrected chi connectivity index (χ3v) is 4.35. The molecule has 1 amide bonds. The zero-order chi connectivity index (χ0) is 15.3. The minimum Gasteiger partial charge on any atom is -0.476 e. The Labute approximate surface area is 119 Å². The van der Waals surface area contributed by atoms with Gasteiger partial charge in [0.25, 0.3) is 5.91 Å². The zero-order valence-electron chi connectivity index (χ0n) is 11.6.